The second-order valence-corrected chi connectivity index (χ2v) is 10.6. The molecule has 2 rings (SSSR count). The molecule has 3 atom stereocenters. The molecule has 0 spiro atoms. The maximum absolute atomic E-state index is 12.8. The summed E-state index contributed by atoms with van der Waals surface area (Å²) in [5, 5.41) is 0. The molecule has 0 aromatic heterocycles. The third-order valence-electron chi connectivity index (χ3n) is 6.13. The van der Waals surface area contributed by atoms with Crippen LogP contribution in [-0.2, 0) is 19.0 Å². The molecule has 0 aliphatic carbocycles. The first kappa shape index (κ1) is 30.5. The minimum atomic E-state index is -0.615. The molecular weight excluding hydrogens is 478 g/mol. The highest BCUT2D eigenvalue weighted by Gasteiger charge is 2.43. The monoisotopic (exact) mass is 523 g/mol. The standard InChI is InChI=1S/C28H45NO8/c1-9-34-26(30)22-18-29(27(31)37-28(4,5)6)17-20(22)15-24(19(2)3)36-21-11-12-23(33-8)25(16-21)35-14-10-13-32-7/h11-12,16,19-20,22,24H,9-10,13-15,17-18H2,1-8H3/t20-,22?,24+/m1/s1. The first-order valence-corrected chi connectivity index (χ1v) is 13.1. The van der Waals surface area contributed by atoms with Gasteiger partial charge in [0.05, 0.1) is 26.2 Å². The molecule has 0 saturated carbocycles. The van der Waals surface area contributed by atoms with Crippen LogP contribution in [0.1, 0.15) is 54.4 Å². The van der Waals surface area contributed by atoms with E-state index in [1.165, 1.54) is 0 Å². The van der Waals surface area contributed by atoms with E-state index >= 15 is 0 Å². The number of benzene rings is 1. The first-order chi connectivity index (χ1) is 17.5. The van der Waals surface area contributed by atoms with Gasteiger partial charge in [0.25, 0.3) is 0 Å². The van der Waals surface area contributed by atoms with Crippen molar-refractivity contribution in [2.75, 3.05) is 47.1 Å². The highest BCUT2D eigenvalue weighted by Crippen LogP contribution is 2.35. The van der Waals surface area contributed by atoms with Crippen molar-refractivity contribution in [3.8, 4) is 17.2 Å². The zero-order chi connectivity index (χ0) is 27.6. The van der Waals surface area contributed by atoms with Crippen molar-refractivity contribution in [3.63, 3.8) is 0 Å². The molecule has 0 radical (unpaired) electrons. The van der Waals surface area contributed by atoms with Crippen LogP contribution in [0.4, 0.5) is 4.79 Å². The summed E-state index contributed by atoms with van der Waals surface area (Å²) >= 11 is 0. The van der Waals surface area contributed by atoms with Crippen molar-refractivity contribution in [1.29, 1.82) is 0 Å². The number of hydrogen-bond acceptors (Lipinski definition) is 8. The van der Waals surface area contributed by atoms with Gasteiger partial charge in [-0.15, -0.1) is 0 Å². The normalized spacial score (nSPS) is 18.5. The molecule has 1 aliphatic rings. The largest absolute Gasteiger partial charge is 0.493 e. The maximum Gasteiger partial charge on any atom is 0.410 e. The lowest BCUT2D eigenvalue weighted by molar-refractivity contribution is -0.149. The summed E-state index contributed by atoms with van der Waals surface area (Å²) in [5.41, 5.74) is -0.615. The molecule has 9 heteroatoms. The van der Waals surface area contributed by atoms with E-state index in [1.54, 1.807) is 26.0 Å². The Labute approximate surface area is 221 Å². The zero-order valence-corrected chi connectivity index (χ0v) is 23.7. The number of nitrogens with zero attached hydrogens (tertiary/aromatic N) is 1. The summed E-state index contributed by atoms with van der Waals surface area (Å²) in [6, 6.07) is 5.49. The fourth-order valence-electron chi connectivity index (χ4n) is 4.26. The van der Waals surface area contributed by atoms with Gasteiger partial charge < -0.3 is 33.3 Å². The SMILES string of the molecule is CCOC(=O)C1CN(C(=O)OC(C)(C)C)C[C@H]1C[C@H](Oc1ccc(OC)c(OCCCOC)c1)C(C)C. The van der Waals surface area contributed by atoms with Crippen LogP contribution in [0.15, 0.2) is 18.2 Å². The number of rotatable bonds is 13. The van der Waals surface area contributed by atoms with E-state index in [0.717, 1.165) is 6.42 Å². The fourth-order valence-corrected chi connectivity index (χ4v) is 4.26. The van der Waals surface area contributed by atoms with Gasteiger partial charge in [0, 0.05) is 39.3 Å². The number of carbonyl (C=O) groups excluding carboxylic acids is 2. The van der Waals surface area contributed by atoms with Crippen LogP contribution in [0.3, 0.4) is 0 Å². The Kier molecular flexibility index (Phi) is 11.8. The molecule has 1 aromatic carbocycles. The number of ether oxygens (including phenoxy) is 6. The highest BCUT2D eigenvalue weighted by atomic mass is 16.6. The highest BCUT2D eigenvalue weighted by molar-refractivity contribution is 5.76. The molecule has 1 fully saturated rings. The summed E-state index contributed by atoms with van der Waals surface area (Å²) in [6.45, 7) is 13.5. The maximum atomic E-state index is 12.8. The van der Waals surface area contributed by atoms with Crippen LogP contribution in [0.2, 0.25) is 0 Å². The van der Waals surface area contributed by atoms with E-state index in [-0.39, 0.29) is 37.1 Å². The Morgan fingerprint density at radius 3 is 2.41 bits per heavy atom. The van der Waals surface area contributed by atoms with Gasteiger partial charge in [0.15, 0.2) is 11.5 Å². The van der Waals surface area contributed by atoms with E-state index in [4.69, 9.17) is 28.4 Å². The van der Waals surface area contributed by atoms with Gasteiger partial charge in [0.2, 0.25) is 0 Å². The van der Waals surface area contributed by atoms with E-state index in [0.29, 0.717) is 43.4 Å². The third kappa shape index (κ3) is 9.61. The third-order valence-corrected chi connectivity index (χ3v) is 6.13. The van der Waals surface area contributed by atoms with Gasteiger partial charge >= 0.3 is 12.1 Å². The molecule has 37 heavy (non-hydrogen) atoms. The van der Waals surface area contributed by atoms with Crippen molar-refractivity contribution >= 4 is 12.1 Å². The molecule has 0 bridgehead atoms. The summed E-state index contributed by atoms with van der Waals surface area (Å²) in [7, 11) is 3.26. The molecule has 0 N–H and O–H groups in total. The van der Waals surface area contributed by atoms with E-state index in [1.807, 2.05) is 39.0 Å². The Hall–Kier alpha value is -2.68. The number of amides is 1. The number of esters is 1. The lowest BCUT2D eigenvalue weighted by atomic mass is 9.87. The Morgan fingerprint density at radius 1 is 1.08 bits per heavy atom. The number of carbonyl (C=O) groups is 2. The fraction of sp³-hybridized carbons (Fsp3) is 0.714. The molecule has 1 aromatic rings. The van der Waals surface area contributed by atoms with Gasteiger partial charge in [-0.3, -0.25) is 4.79 Å². The van der Waals surface area contributed by atoms with Gasteiger partial charge in [-0.05, 0) is 58.1 Å². The Balaban J connectivity index is 2.18. The van der Waals surface area contributed by atoms with Crippen molar-refractivity contribution in [2.24, 2.45) is 17.8 Å². The van der Waals surface area contributed by atoms with E-state index in [9.17, 15) is 9.59 Å². The zero-order valence-electron chi connectivity index (χ0n) is 23.7. The Morgan fingerprint density at radius 2 is 1.81 bits per heavy atom. The van der Waals surface area contributed by atoms with Crippen LogP contribution >= 0.6 is 0 Å². The average Bonchev–Trinajstić information content (AvgIpc) is 3.25. The van der Waals surface area contributed by atoms with Crippen LogP contribution < -0.4 is 14.2 Å². The summed E-state index contributed by atoms with van der Waals surface area (Å²) in [5.74, 6) is 1.17. The number of methoxy groups -OCH3 is 2. The molecule has 1 unspecified atom stereocenters. The van der Waals surface area contributed by atoms with Gasteiger partial charge in [0.1, 0.15) is 17.5 Å². The number of hydrogen-bond donors (Lipinski definition) is 0. The second-order valence-electron chi connectivity index (χ2n) is 10.6. The molecule has 1 aliphatic heterocycles. The molecular formula is C28H45NO8. The topological polar surface area (TPSA) is 92.8 Å². The van der Waals surface area contributed by atoms with Crippen LogP contribution in [-0.4, -0.2) is 75.8 Å². The van der Waals surface area contributed by atoms with Gasteiger partial charge in [-0.2, -0.15) is 0 Å². The van der Waals surface area contributed by atoms with Gasteiger partial charge in [-0.25, -0.2) is 4.79 Å². The number of likely N-dealkylation sites (tertiary alicyclic amines) is 1. The average molecular weight is 524 g/mol. The van der Waals surface area contributed by atoms with E-state index in [2.05, 4.69) is 13.8 Å². The summed E-state index contributed by atoms with van der Waals surface area (Å²) < 4.78 is 33.7. The molecule has 1 heterocycles. The smallest absolute Gasteiger partial charge is 0.410 e. The quantitative estimate of drug-likeness (QED) is 0.265. The van der Waals surface area contributed by atoms with Crippen LogP contribution in [0.5, 0.6) is 17.2 Å². The van der Waals surface area contributed by atoms with Crippen LogP contribution in [0.25, 0.3) is 0 Å². The molecule has 9 nitrogen and oxygen atoms in total. The lowest BCUT2D eigenvalue weighted by Gasteiger charge is -2.27. The predicted octanol–water partition coefficient (Wildman–Crippen LogP) is 4.95. The minimum Gasteiger partial charge on any atom is -0.493 e. The second kappa shape index (κ2) is 14.3. The Bertz CT molecular complexity index is 866. The minimum absolute atomic E-state index is 0.123. The van der Waals surface area contributed by atoms with Crippen molar-refractivity contribution in [3.05, 3.63) is 18.2 Å². The first-order valence-electron chi connectivity index (χ1n) is 13.1. The summed E-state index contributed by atoms with van der Waals surface area (Å²) in [4.78, 5) is 27.2. The lowest BCUT2D eigenvalue weighted by Crippen LogP contribution is -2.36. The summed E-state index contributed by atoms with van der Waals surface area (Å²) in [6.07, 6.45) is 0.716. The van der Waals surface area contributed by atoms with Crippen molar-refractivity contribution < 1.29 is 38.0 Å². The van der Waals surface area contributed by atoms with Crippen LogP contribution in [0, 0.1) is 17.8 Å². The predicted molar refractivity (Wildman–Crippen MR) is 140 cm³/mol. The molecule has 1 saturated heterocycles. The van der Waals surface area contributed by atoms with Crippen molar-refractivity contribution in [1.82, 2.24) is 4.90 Å². The molecule has 1 amide bonds. The van der Waals surface area contributed by atoms with Gasteiger partial charge in [-0.1, -0.05) is 13.8 Å². The molecule has 210 valence electrons. The van der Waals surface area contributed by atoms with E-state index < -0.39 is 17.6 Å². The van der Waals surface area contributed by atoms with Crippen molar-refractivity contribution in [2.45, 2.75) is 66.1 Å².